The van der Waals surface area contributed by atoms with E-state index in [1.54, 1.807) is 26.2 Å². The van der Waals surface area contributed by atoms with E-state index >= 15 is 0 Å². The van der Waals surface area contributed by atoms with Crippen LogP contribution in [-0.4, -0.2) is 27.6 Å². The largest absolute Gasteiger partial charge is 0.481 e. The summed E-state index contributed by atoms with van der Waals surface area (Å²) in [7, 11) is 0. The standard InChI is InChI=1S/C14H21N3O3/c1-10(11-5-4-8-15-9-11)16-13(20)17-14(2,3)7-6-12(18)19/h4-5,8-10H,6-7H2,1-3H3,(H,18,19)(H2,16,17,20). The summed E-state index contributed by atoms with van der Waals surface area (Å²) in [4.78, 5) is 26.5. The first-order valence-corrected chi connectivity index (χ1v) is 6.50. The van der Waals surface area contributed by atoms with Crippen molar-refractivity contribution in [2.75, 3.05) is 0 Å². The van der Waals surface area contributed by atoms with Crippen LogP contribution in [0.4, 0.5) is 4.79 Å². The molecule has 0 aliphatic rings. The maximum atomic E-state index is 11.9. The van der Waals surface area contributed by atoms with Crippen molar-refractivity contribution in [3.05, 3.63) is 30.1 Å². The Balaban J connectivity index is 2.48. The van der Waals surface area contributed by atoms with Crippen molar-refractivity contribution in [2.45, 2.75) is 45.2 Å². The molecule has 110 valence electrons. The Morgan fingerprint density at radius 2 is 2.15 bits per heavy atom. The Morgan fingerprint density at radius 3 is 2.70 bits per heavy atom. The van der Waals surface area contributed by atoms with Crippen molar-refractivity contribution >= 4 is 12.0 Å². The van der Waals surface area contributed by atoms with E-state index in [0.29, 0.717) is 6.42 Å². The predicted octanol–water partition coefficient (Wildman–Crippen LogP) is 2.09. The summed E-state index contributed by atoms with van der Waals surface area (Å²) < 4.78 is 0. The Morgan fingerprint density at radius 1 is 1.45 bits per heavy atom. The van der Waals surface area contributed by atoms with E-state index in [-0.39, 0.29) is 18.5 Å². The molecular weight excluding hydrogens is 258 g/mol. The summed E-state index contributed by atoms with van der Waals surface area (Å²) in [6.07, 6.45) is 3.76. The third kappa shape index (κ3) is 5.69. The van der Waals surface area contributed by atoms with Crippen LogP contribution in [0.25, 0.3) is 0 Å². The fourth-order valence-electron chi connectivity index (χ4n) is 1.74. The molecule has 0 saturated carbocycles. The molecule has 1 heterocycles. The van der Waals surface area contributed by atoms with Crippen LogP contribution < -0.4 is 10.6 Å². The van der Waals surface area contributed by atoms with Gasteiger partial charge in [-0.1, -0.05) is 6.07 Å². The number of nitrogens with zero attached hydrogens (tertiary/aromatic N) is 1. The van der Waals surface area contributed by atoms with Gasteiger partial charge in [-0.15, -0.1) is 0 Å². The smallest absolute Gasteiger partial charge is 0.315 e. The summed E-state index contributed by atoms with van der Waals surface area (Å²) in [5.74, 6) is -0.871. The summed E-state index contributed by atoms with van der Waals surface area (Å²) >= 11 is 0. The Bertz CT molecular complexity index is 460. The molecular formula is C14H21N3O3. The number of amides is 2. The molecule has 3 N–H and O–H groups in total. The third-order valence-electron chi connectivity index (χ3n) is 2.95. The van der Waals surface area contributed by atoms with Gasteiger partial charge in [0.05, 0.1) is 6.04 Å². The zero-order chi connectivity index (χ0) is 15.2. The van der Waals surface area contributed by atoms with Crippen LogP contribution in [0.1, 0.15) is 45.2 Å². The summed E-state index contributed by atoms with van der Waals surface area (Å²) in [5.41, 5.74) is 0.336. The van der Waals surface area contributed by atoms with Crippen molar-refractivity contribution in [1.29, 1.82) is 0 Å². The fraction of sp³-hybridized carbons (Fsp3) is 0.500. The van der Waals surface area contributed by atoms with Crippen molar-refractivity contribution < 1.29 is 14.7 Å². The van der Waals surface area contributed by atoms with Gasteiger partial charge in [0.1, 0.15) is 0 Å². The summed E-state index contributed by atoms with van der Waals surface area (Å²) in [6.45, 7) is 5.45. The molecule has 0 aliphatic heterocycles. The van der Waals surface area contributed by atoms with E-state index in [9.17, 15) is 9.59 Å². The molecule has 0 bridgehead atoms. The lowest BCUT2D eigenvalue weighted by Gasteiger charge is -2.27. The van der Waals surface area contributed by atoms with E-state index in [1.165, 1.54) is 0 Å². The number of aliphatic carboxylic acids is 1. The number of rotatable bonds is 6. The fourth-order valence-corrected chi connectivity index (χ4v) is 1.74. The van der Waals surface area contributed by atoms with Gasteiger partial charge in [-0.2, -0.15) is 0 Å². The van der Waals surface area contributed by atoms with Gasteiger partial charge >= 0.3 is 12.0 Å². The predicted molar refractivity (Wildman–Crippen MR) is 75.3 cm³/mol. The maximum absolute atomic E-state index is 11.9. The third-order valence-corrected chi connectivity index (χ3v) is 2.95. The van der Waals surface area contributed by atoms with Gasteiger partial charge in [0.25, 0.3) is 0 Å². The maximum Gasteiger partial charge on any atom is 0.315 e. The van der Waals surface area contributed by atoms with Crippen LogP contribution >= 0.6 is 0 Å². The SMILES string of the molecule is CC(NC(=O)NC(C)(C)CCC(=O)O)c1cccnc1. The number of hydrogen-bond donors (Lipinski definition) is 3. The van der Waals surface area contributed by atoms with Gasteiger partial charge in [-0.25, -0.2) is 4.79 Å². The first-order valence-electron chi connectivity index (χ1n) is 6.50. The highest BCUT2D eigenvalue weighted by atomic mass is 16.4. The summed E-state index contributed by atoms with van der Waals surface area (Å²) in [5, 5.41) is 14.3. The van der Waals surface area contributed by atoms with Crippen LogP contribution in [-0.2, 0) is 4.79 Å². The van der Waals surface area contributed by atoms with Crippen LogP contribution in [0, 0.1) is 0 Å². The van der Waals surface area contributed by atoms with Gasteiger partial charge in [-0.05, 0) is 38.8 Å². The first-order chi connectivity index (χ1) is 9.30. The quantitative estimate of drug-likeness (QED) is 0.743. The molecule has 0 fully saturated rings. The van der Waals surface area contributed by atoms with E-state index in [1.807, 2.05) is 19.1 Å². The van der Waals surface area contributed by atoms with Crippen LogP contribution in [0.15, 0.2) is 24.5 Å². The number of carbonyl (C=O) groups is 2. The molecule has 6 heteroatoms. The normalized spacial score (nSPS) is 12.6. The van der Waals surface area contributed by atoms with Crippen molar-refractivity contribution in [2.24, 2.45) is 0 Å². The number of pyridine rings is 1. The number of carboxylic acid groups (broad SMARTS) is 1. The second kappa shape index (κ2) is 6.88. The van der Waals surface area contributed by atoms with Crippen molar-refractivity contribution in [3.63, 3.8) is 0 Å². The van der Waals surface area contributed by atoms with Crippen molar-refractivity contribution in [3.8, 4) is 0 Å². The summed E-state index contributed by atoms with van der Waals surface area (Å²) in [6, 6.07) is 3.20. The lowest BCUT2D eigenvalue weighted by atomic mass is 9.99. The minimum Gasteiger partial charge on any atom is -0.481 e. The Kier molecular flexibility index (Phi) is 5.49. The molecule has 6 nitrogen and oxygen atoms in total. The van der Waals surface area contributed by atoms with Gasteiger partial charge in [0.15, 0.2) is 0 Å². The minimum absolute atomic E-state index is 0.0193. The molecule has 0 radical (unpaired) electrons. The number of urea groups is 1. The van der Waals surface area contributed by atoms with Gasteiger partial charge in [0, 0.05) is 24.4 Å². The van der Waals surface area contributed by atoms with E-state index in [4.69, 9.17) is 5.11 Å². The second-order valence-electron chi connectivity index (χ2n) is 5.38. The molecule has 0 aliphatic carbocycles. The number of aromatic nitrogens is 1. The average molecular weight is 279 g/mol. The number of hydrogen-bond acceptors (Lipinski definition) is 3. The highest BCUT2D eigenvalue weighted by Crippen LogP contribution is 2.13. The first kappa shape index (κ1) is 15.9. The molecule has 1 atom stereocenters. The molecule has 1 aromatic heterocycles. The van der Waals surface area contributed by atoms with Crippen LogP contribution in [0.3, 0.4) is 0 Å². The molecule has 1 unspecified atom stereocenters. The minimum atomic E-state index is -0.871. The lowest BCUT2D eigenvalue weighted by Crippen LogP contribution is -2.49. The topological polar surface area (TPSA) is 91.3 Å². The average Bonchev–Trinajstić information content (AvgIpc) is 2.37. The molecule has 1 aromatic rings. The highest BCUT2D eigenvalue weighted by molar-refractivity contribution is 5.75. The number of nitrogens with one attached hydrogen (secondary N) is 2. The van der Waals surface area contributed by atoms with E-state index in [2.05, 4.69) is 15.6 Å². The number of carboxylic acids is 1. The molecule has 0 saturated heterocycles. The molecule has 0 aromatic carbocycles. The van der Waals surface area contributed by atoms with Gasteiger partial charge < -0.3 is 15.7 Å². The van der Waals surface area contributed by atoms with E-state index < -0.39 is 11.5 Å². The Hall–Kier alpha value is -2.11. The molecule has 1 rings (SSSR count). The monoisotopic (exact) mass is 279 g/mol. The zero-order valence-electron chi connectivity index (χ0n) is 12.0. The number of carbonyl (C=O) groups excluding carboxylic acids is 1. The molecule has 0 spiro atoms. The zero-order valence-corrected chi connectivity index (χ0v) is 12.0. The Labute approximate surface area is 118 Å². The van der Waals surface area contributed by atoms with Gasteiger partial charge in [-0.3, -0.25) is 9.78 Å². The van der Waals surface area contributed by atoms with Gasteiger partial charge in [0.2, 0.25) is 0 Å². The molecule has 20 heavy (non-hydrogen) atoms. The molecule has 2 amide bonds. The lowest BCUT2D eigenvalue weighted by molar-refractivity contribution is -0.137. The van der Waals surface area contributed by atoms with Crippen LogP contribution in [0.5, 0.6) is 0 Å². The van der Waals surface area contributed by atoms with Crippen molar-refractivity contribution in [1.82, 2.24) is 15.6 Å². The van der Waals surface area contributed by atoms with Crippen LogP contribution in [0.2, 0.25) is 0 Å². The highest BCUT2D eigenvalue weighted by Gasteiger charge is 2.22. The second-order valence-corrected chi connectivity index (χ2v) is 5.38. The van der Waals surface area contributed by atoms with E-state index in [0.717, 1.165) is 5.56 Å².